The molecule has 3 nitrogen and oxygen atoms in total. The number of nitrogens with zero attached hydrogens (tertiary/aromatic N) is 1. The van der Waals surface area contributed by atoms with E-state index in [1.54, 1.807) is 11.3 Å². The summed E-state index contributed by atoms with van der Waals surface area (Å²) in [6.45, 7) is 0. The molecule has 1 atom stereocenters. The Bertz CT molecular complexity index is 726. The second-order valence-corrected chi connectivity index (χ2v) is 5.98. The lowest BCUT2D eigenvalue weighted by molar-refractivity contribution is 0.555. The van der Waals surface area contributed by atoms with Crippen LogP contribution in [0.2, 0.25) is 5.02 Å². The third-order valence-corrected chi connectivity index (χ3v) is 4.71. The summed E-state index contributed by atoms with van der Waals surface area (Å²) in [6.07, 6.45) is 2.63. The van der Waals surface area contributed by atoms with Crippen molar-refractivity contribution >= 4 is 33.8 Å². The average Bonchev–Trinajstić information content (AvgIpc) is 2.89. The number of nitrogens with two attached hydrogens (primary N) is 1. The zero-order valence-electron chi connectivity index (χ0n) is 10.7. The van der Waals surface area contributed by atoms with E-state index in [1.807, 2.05) is 35.8 Å². The highest BCUT2D eigenvalue weighted by Gasteiger charge is 2.14. The highest BCUT2D eigenvalue weighted by Crippen LogP contribution is 2.28. The van der Waals surface area contributed by atoms with Crippen LogP contribution in [0, 0.1) is 0 Å². The molecule has 0 aliphatic rings. The van der Waals surface area contributed by atoms with Crippen LogP contribution < -0.4 is 11.3 Å². The molecule has 20 heavy (non-hydrogen) atoms. The summed E-state index contributed by atoms with van der Waals surface area (Å²) >= 11 is 7.79. The van der Waals surface area contributed by atoms with E-state index in [0.29, 0.717) is 0 Å². The van der Waals surface area contributed by atoms with E-state index >= 15 is 0 Å². The molecule has 0 saturated carbocycles. The minimum absolute atomic E-state index is 0.00301. The molecule has 1 unspecified atom stereocenters. The largest absolute Gasteiger partial charge is 0.271 e. The van der Waals surface area contributed by atoms with Crippen molar-refractivity contribution in [2.75, 3.05) is 0 Å². The van der Waals surface area contributed by atoms with E-state index in [4.69, 9.17) is 17.4 Å². The Balaban J connectivity index is 1.92. The summed E-state index contributed by atoms with van der Waals surface area (Å²) in [5.41, 5.74) is 4.91. The number of fused-ring (bicyclic) bond motifs is 1. The van der Waals surface area contributed by atoms with Crippen molar-refractivity contribution < 1.29 is 0 Å². The number of halogens is 1. The first-order valence-electron chi connectivity index (χ1n) is 6.30. The topological polar surface area (TPSA) is 50.9 Å². The lowest BCUT2D eigenvalue weighted by Gasteiger charge is -2.16. The molecular formula is C15H14ClN3S. The normalized spacial score (nSPS) is 12.7. The number of nitrogens with one attached hydrogen (secondary N) is 1. The predicted octanol–water partition coefficient (Wildman–Crippen LogP) is 3.70. The maximum absolute atomic E-state index is 6.15. The van der Waals surface area contributed by atoms with Crippen LogP contribution in [0.5, 0.6) is 0 Å². The smallest absolute Gasteiger partial charge is 0.0702 e. The molecule has 3 N–H and O–H groups in total. The van der Waals surface area contributed by atoms with Crippen LogP contribution in [-0.2, 0) is 6.42 Å². The minimum atomic E-state index is 0.00301. The average molecular weight is 304 g/mol. The fraction of sp³-hybridized carbons (Fsp3) is 0.133. The third kappa shape index (κ3) is 2.69. The molecule has 0 aliphatic carbocycles. The van der Waals surface area contributed by atoms with Crippen molar-refractivity contribution in [2.45, 2.75) is 12.5 Å². The third-order valence-electron chi connectivity index (χ3n) is 3.30. The zero-order chi connectivity index (χ0) is 13.9. The summed E-state index contributed by atoms with van der Waals surface area (Å²) in [7, 11) is 0. The van der Waals surface area contributed by atoms with Crippen LogP contribution in [-0.4, -0.2) is 4.98 Å². The predicted molar refractivity (Wildman–Crippen MR) is 84.8 cm³/mol. The Labute approximate surface area is 126 Å². The quantitative estimate of drug-likeness (QED) is 0.571. The van der Waals surface area contributed by atoms with Gasteiger partial charge in [-0.2, -0.15) is 0 Å². The minimum Gasteiger partial charge on any atom is -0.271 e. The summed E-state index contributed by atoms with van der Waals surface area (Å²) in [4.78, 5) is 5.60. The van der Waals surface area contributed by atoms with Gasteiger partial charge in [-0.25, -0.2) is 0 Å². The summed E-state index contributed by atoms with van der Waals surface area (Å²) in [6, 6.07) is 12.1. The van der Waals surface area contributed by atoms with E-state index in [2.05, 4.69) is 22.5 Å². The molecule has 1 aromatic carbocycles. The Morgan fingerprint density at radius 2 is 2.15 bits per heavy atom. The number of pyridine rings is 1. The van der Waals surface area contributed by atoms with E-state index in [1.165, 1.54) is 0 Å². The fourth-order valence-electron chi connectivity index (χ4n) is 2.21. The number of hydrogen-bond donors (Lipinski definition) is 2. The number of thiophene rings is 1. The van der Waals surface area contributed by atoms with Crippen LogP contribution >= 0.6 is 22.9 Å². The van der Waals surface area contributed by atoms with Gasteiger partial charge in [0.2, 0.25) is 0 Å². The molecule has 2 aromatic heterocycles. The molecule has 0 fully saturated rings. The van der Waals surface area contributed by atoms with Gasteiger partial charge in [0.05, 0.1) is 16.6 Å². The van der Waals surface area contributed by atoms with Crippen molar-refractivity contribution in [3.8, 4) is 0 Å². The molecule has 0 spiro atoms. The van der Waals surface area contributed by atoms with Gasteiger partial charge in [-0.15, -0.1) is 11.3 Å². The monoisotopic (exact) mass is 303 g/mol. The maximum Gasteiger partial charge on any atom is 0.0702 e. The first kappa shape index (κ1) is 13.5. The van der Waals surface area contributed by atoms with E-state index < -0.39 is 0 Å². The van der Waals surface area contributed by atoms with Crippen LogP contribution in [0.15, 0.2) is 48.0 Å². The molecule has 102 valence electrons. The zero-order valence-corrected chi connectivity index (χ0v) is 12.3. The summed E-state index contributed by atoms with van der Waals surface area (Å²) < 4.78 is 0. The summed E-state index contributed by atoms with van der Waals surface area (Å²) in [5.74, 6) is 5.70. The molecule has 3 rings (SSSR count). The number of rotatable bonds is 4. The van der Waals surface area contributed by atoms with Crippen LogP contribution in [0.1, 0.15) is 16.5 Å². The van der Waals surface area contributed by atoms with Crippen molar-refractivity contribution in [2.24, 2.45) is 5.84 Å². The fourth-order valence-corrected chi connectivity index (χ4v) is 3.37. The van der Waals surface area contributed by atoms with Gasteiger partial charge in [-0.1, -0.05) is 29.8 Å². The molecule has 0 amide bonds. The Morgan fingerprint density at radius 1 is 1.30 bits per heavy atom. The second kappa shape index (κ2) is 5.89. The van der Waals surface area contributed by atoms with Gasteiger partial charge in [0.25, 0.3) is 0 Å². The van der Waals surface area contributed by atoms with Crippen LogP contribution in [0.4, 0.5) is 0 Å². The second-order valence-electron chi connectivity index (χ2n) is 4.58. The van der Waals surface area contributed by atoms with Crippen molar-refractivity contribution in [3.63, 3.8) is 0 Å². The first-order valence-corrected chi connectivity index (χ1v) is 7.56. The SMILES string of the molecule is NNC(Cc1sccc1Cl)c1cnc2ccccc2c1. The highest BCUT2D eigenvalue weighted by molar-refractivity contribution is 7.10. The highest BCUT2D eigenvalue weighted by atomic mass is 35.5. The lowest BCUT2D eigenvalue weighted by atomic mass is 10.0. The Hall–Kier alpha value is -1.46. The number of hydrogen-bond acceptors (Lipinski definition) is 4. The van der Waals surface area contributed by atoms with Crippen LogP contribution in [0.25, 0.3) is 10.9 Å². The van der Waals surface area contributed by atoms with E-state index in [0.717, 1.165) is 32.8 Å². The maximum atomic E-state index is 6.15. The molecular weight excluding hydrogens is 290 g/mol. The molecule has 0 bridgehead atoms. The molecule has 0 aliphatic heterocycles. The molecule has 3 aromatic rings. The molecule has 0 saturated heterocycles. The van der Waals surface area contributed by atoms with Gasteiger partial charge in [0.15, 0.2) is 0 Å². The Morgan fingerprint density at radius 3 is 2.90 bits per heavy atom. The standard InChI is InChI=1S/C15H14ClN3S/c16-12-5-6-20-15(12)8-14(19-17)11-7-10-3-1-2-4-13(10)18-9-11/h1-7,9,14,19H,8,17H2. The van der Waals surface area contributed by atoms with E-state index in [9.17, 15) is 0 Å². The van der Waals surface area contributed by atoms with Gasteiger partial charge in [0.1, 0.15) is 0 Å². The number of benzene rings is 1. The van der Waals surface area contributed by atoms with Crippen molar-refractivity contribution in [3.05, 3.63) is 63.4 Å². The van der Waals surface area contributed by atoms with Gasteiger partial charge < -0.3 is 0 Å². The Kier molecular flexibility index (Phi) is 3.98. The van der Waals surface area contributed by atoms with Crippen molar-refractivity contribution in [1.82, 2.24) is 10.4 Å². The van der Waals surface area contributed by atoms with Gasteiger partial charge in [-0.3, -0.25) is 16.3 Å². The van der Waals surface area contributed by atoms with Gasteiger partial charge in [0, 0.05) is 22.9 Å². The summed E-state index contributed by atoms with van der Waals surface area (Å²) in [5, 5.41) is 3.90. The molecule has 0 radical (unpaired) electrons. The van der Waals surface area contributed by atoms with E-state index in [-0.39, 0.29) is 6.04 Å². The molecule has 2 heterocycles. The first-order chi connectivity index (χ1) is 9.78. The molecule has 5 heteroatoms. The van der Waals surface area contributed by atoms with Gasteiger partial charge >= 0.3 is 0 Å². The lowest BCUT2D eigenvalue weighted by Crippen LogP contribution is -2.29. The number of hydrazine groups is 1. The number of aromatic nitrogens is 1. The van der Waals surface area contributed by atoms with Crippen molar-refractivity contribution in [1.29, 1.82) is 0 Å². The van der Waals surface area contributed by atoms with Gasteiger partial charge in [-0.05, 0) is 29.1 Å². The van der Waals surface area contributed by atoms with Crippen LogP contribution in [0.3, 0.4) is 0 Å². The number of para-hydroxylation sites is 1.